The molecule has 1 fully saturated rings. The van der Waals surface area contributed by atoms with E-state index in [0.29, 0.717) is 6.54 Å². The van der Waals surface area contributed by atoms with E-state index in [-0.39, 0.29) is 11.8 Å². The highest BCUT2D eigenvalue weighted by atomic mass is 79.9. The Bertz CT molecular complexity index is 630. The molecule has 0 aliphatic heterocycles. The van der Waals surface area contributed by atoms with E-state index in [0.717, 1.165) is 41.5 Å². The molecule has 4 nitrogen and oxygen atoms in total. The Morgan fingerprint density at radius 3 is 2.64 bits per heavy atom. The maximum Gasteiger partial charge on any atom is 0.228 e. The van der Waals surface area contributed by atoms with Crippen molar-refractivity contribution in [2.45, 2.75) is 38.6 Å². The van der Waals surface area contributed by atoms with Gasteiger partial charge in [-0.05, 0) is 30.5 Å². The zero-order chi connectivity index (χ0) is 15.4. The number of anilines is 1. The van der Waals surface area contributed by atoms with Crippen LogP contribution < -0.4 is 5.32 Å². The molecule has 1 aliphatic rings. The topological polar surface area (TPSA) is 46.9 Å². The normalized spacial score (nSPS) is 15.7. The lowest BCUT2D eigenvalue weighted by Gasteiger charge is -2.21. The third-order valence-electron chi connectivity index (χ3n) is 4.19. The minimum Gasteiger partial charge on any atom is -0.311 e. The molecule has 0 atom stereocenters. The number of hydrogen-bond donors (Lipinski definition) is 1. The van der Waals surface area contributed by atoms with E-state index in [1.165, 1.54) is 6.42 Å². The first kappa shape index (κ1) is 15.3. The van der Waals surface area contributed by atoms with Crippen molar-refractivity contribution < 1.29 is 4.79 Å². The van der Waals surface area contributed by atoms with Crippen molar-refractivity contribution in [2.75, 3.05) is 5.32 Å². The molecule has 22 heavy (non-hydrogen) atoms. The molecule has 5 heteroatoms. The van der Waals surface area contributed by atoms with Gasteiger partial charge in [-0.3, -0.25) is 4.79 Å². The molecule has 0 radical (unpaired) electrons. The minimum atomic E-state index is 0.136. The first-order chi connectivity index (χ1) is 10.7. The van der Waals surface area contributed by atoms with E-state index in [2.05, 4.69) is 38.5 Å². The molecule has 0 unspecified atom stereocenters. The number of carbonyl (C=O) groups excluding carboxylic acids is 1. The maximum absolute atomic E-state index is 12.4. The first-order valence-electron chi connectivity index (χ1n) is 7.79. The number of halogens is 1. The Labute approximate surface area is 139 Å². The van der Waals surface area contributed by atoms with E-state index >= 15 is 0 Å². The third kappa shape index (κ3) is 3.77. The second kappa shape index (κ2) is 7.09. The van der Waals surface area contributed by atoms with E-state index in [9.17, 15) is 4.79 Å². The molecule has 116 valence electrons. The second-order valence-corrected chi connectivity index (χ2v) is 6.74. The summed E-state index contributed by atoms with van der Waals surface area (Å²) in [6.45, 7) is 0.653. The molecule has 1 heterocycles. The van der Waals surface area contributed by atoms with Crippen molar-refractivity contribution in [3.05, 3.63) is 46.6 Å². The predicted molar refractivity (Wildman–Crippen MR) is 90.7 cm³/mol. The Morgan fingerprint density at radius 2 is 1.91 bits per heavy atom. The number of carbonyl (C=O) groups is 1. The second-order valence-electron chi connectivity index (χ2n) is 5.82. The average Bonchev–Trinajstić information content (AvgIpc) is 2.97. The van der Waals surface area contributed by atoms with Gasteiger partial charge in [-0.2, -0.15) is 5.10 Å². The van der Waals surface area contributed by atoms with Crippen LogP contribution in [0.1, 0.15) is 37.7 Å². The van der Waals surface area contributed by atoms with Crippen LogP contribution in [0.2, 0.25) is 0 Å². The molecule has 1 N–H and O–H groups in total. The van der Waals surface area contributed by atoms with Gasteiger partial charge in [-0.15, -0.1) is 0 Å². The lowest BCUT2D eigenvalue weighted by atomic mass is 9.89. The van der Waals surface area contributed by atoms with Gasteiger partial charge in [0, 0.05) is 16.5 Å². The maximum atomic E-state index is 12.4. The summed E-state index contributed by atoms with van der Waals surface area (Å²) in [5.74, 6) is 1.07. The summed E-state index contributed by atoms with van der Waals surface area (Å²) in [6.07, 6.45) is 7.33. The van der Waals surface area contributed by atoms with Crippen molar-refractivity contribution in [2.24, 2.45) is 5.92 Å². The highest BCUT2D eigenvalue weighted by molar-refractivity contribution is 9.10. The Kier molecular flexibility index (Phi) is 4.93. The molecular weight excluding hydrogens is 342 g/mol. The number of nitrogens with one attached hydrogen (secondary N) is 1. The molecule has 1 aromatic heterocycles. The number of rotatable bonds is 4. The van der Waals surface area contributed by atoms with Crippen LogP contribution in [-0.2, 0) is 11.3 Å². The van der Waals surface area contributed by atoms with Gasteiger partial charge in [-0.25, -0.2) is 4.68 Å². The van der Waals surface area contributed by atoms with E-state index in [4.69, 9.17) is 0 Å². The van der Waals surface area contributed by atoms with Crippen molar-refractivity contribution in [1.82, 2.24) is 9.78 Å². The molecule has 0 saturated heterocycles. The minimum absolute atomic E-state index is 0.136. The predicted octanol–water partition coefficient (Wildman–Crippen LogP) is 4.21. The monoisotopic (exact) mass is 361 g/mol. The molecule has 2 aromatic rings. The van der Waals surface area contributed by atoms with Crippen LogP contribution in [0, 0.1) is 5.92 Å². The lowest BCUT2D eigenvalue weighted by molar-refractivity contribution is -0.120. The van der Waals surface area contributed by atoms with Crippen LogP contribution >= 0.6 is 15.9 Å². The smallest absolute Gasteiger partial charge is 0.228 e. The van der Waals surface area contributed by atoms with Crippen molar-refractivity contribution >= 4 is 27.7 Å². The van der Waals surface area contributed by atoms with Gasteiger partial charge in [0.2, 0.25) is 5.91 Å². The zero-order valence-corrected chi connectivity index (χ0v) is 14.1. The summed E-state index contributed by atoms with van der Waals surface area (Å²) in [5, 5.41) is 7.37. The van der Waals surface area contributed by atoms with Gasteiger partial charge in [0.15, 0.2) is 0 Å². The number of aromatic nitrogens is 2. The van der Waals surface area contributed by atoms with Crippen LogP contribution in [0.4, 0.5) is 5.82 Å². The standard InChI is InChI=1S/C17H20BrN3O/c18-15-8-6-13(7-9-15)12-21-16(10-11-19-21)20-17(22)14-4-2-1-3-5-14/h6-11,14H,1-5,12H2,(H,20,22). The van der Waals surface area contributed by atoms with Crippen LogP contribution in [-0.4, -0.2) is 15.7 Å². The average molecular weight is 362 g/mol. The van der Waals surface area contributed by atoms with Crippen LogP contribution in [0.3, 0.4) is 0 Å². The number of amides is 1. The Morgan fingerprint density at radius 1 is 1.18 bits per heavy atom. The summed E-state index contributed by atoms with van der Waals surface area (Å²) in [4.78, 5) is 12.4. The van der Waals surface area contributed by atoms with Gasteiger partial charge in [-0.1, -0.05) is 47.3 Å². The van der Waals surface area contributed by atoms with E-state index in [1.807, 2.05) is 22.9 Å². The van der Waals surface area contributed by atoms with Crippen LogP contribution in [0.15, 0.2) is 41.0 Å². The number of hydrogen-bond acceptors (Lipinski definition) is 2. The largest absolute Gasteiger partial charge is 0.311 e. The van der Waals surface area contributed by atoms with E-state index < -0.39 is 0 Å². The molecule has 1 amide bonds. The summed E-state index contributed by atoms with van der Waals surface area (Å²) >= 11 is 3.44. The van der Waals surface area contributed by atoms with E-state index in [1.54, 1.807) is 6.20 Å². The molecule has 1 saturated carbocycles. The third-order valence-corrected chi connectivity index (χ3v) is 4.72. The van der Waals surface area contributed by atoms with Crippen molar-refractivity contribution in [3.63, 3.8) is 0 Å². The zero-order valence-electron chi connectivity index (χ0n) is 12.5. The molecule has 1 aliphatic carbocycles. The number of benzene rings is 1. The Balaban J connectivity index is 1.66. The quantitative estimate of drug-likeness (QED) is 0.886. The number of nitrogens with zero attached hydrogens (tertiary/aromatic N) is 2. The van der Waals surface area contributed by atoms with Crippen molar-refractivity contribution in [1.29, 1.82) is 0 Å². The van der Waals surface area contributed by atoms with Crippen molar-refractivity contribution in [3.8, 4) is 0 Å². The SMILES string of the molecule is O=C(Nc1ccnn1Cc1ccc(Br)cc1)C1CCCCC1. The molecule has 0 bridgehead atoms. The fourth-order valence-electron chi connectivity index (χ4n) is 2.92. The summed E-state index contributed by atoms with van der Waals surface area (Å²) < 4.78 is 2.90. The van der Waals surface area contributed by atoms with Gasteiger partial charge in [0.05, 0.1) is 12.7 Å². The summed E-state index contributed by atoms with van der Waals surface area (Å²) in [7, 11) is 0. The fraction of sp³-hybridized carbons (Fsp3) is 0.412. The highest BCUT2D eigenvalue weighted by Crippen LogP contribution is 2.25. The van der Waals surface area contributed by atoms with Gasteiger partial charge < -0.3 is 5.32 Å². The fourth-order valence-corrected chi connectivity index (χ4v) is 3.18. The molecular formula is C17H20BrN3O. The van der Waals surface area contributed by atoms with Gasteiger partial charge in [0.25, 0.3) is 0 Å². The van der Waals surface area contributed by atoms with Crippen LogP contribution in [0.25, 0.3) is 0 Å². The van der Waals surface area contributed by atoms with Gasteiger partial charge >= 0.3 is 0 Å². The Hall–Kier alpha value is -1.62. The summed E-state index contributed by atoms with van der Waals surface area (Å²) in [6, 6.07) is 9.99. The first-order valence-corrected chi connectivity index (χ1v) is 8.59. The van der Waals surface area contributed by atoms with Crippen LogP contribution in [0.5, 0.6) is 0 Å². The molecule has 0 spiro atoms. The summed E-state index contributed by atoms with van der Waals surface area (Å²) in [5.41, 5.74) is 1.15. The highest BCUT2D eigenvalue weighted by Gasteiger charge is 2.21. The van der Waals surface area contributed by atoms with Gasteiger partial charge in [0.1, 0.15) is 5.82 Å². The molecule has 3 rings (SSSR count). The molecule has 1 aromatic carbocycles. The lowest BCUT2D eigenvalue weighted by Crippen LogP contribution is -2.26.